The smallest absolute Gasteiger partial charge is 0.457 e. The summed E-state index contributed by atoms with van der Waals surface area (Å²) in [4.78, 5) is 23.3. The van der Waals surface area contributed by atoms with Crippen LogP contribution in [0.1, 0.15) is 219 Å². The van der Waals surface area contributed by atoms with Gasteiger partial charge in [0.25, 0.3) is 0 Å². The number of allylic oxidation sites excluding steroid dienone is 8. The summed E-state index contributed by atoms with van der Waals surface area (Å²) >= 11 is 0. The second kappa shape index (κ2) is 43.3. The van der Waals surface area contributed by atoms with Crippen molar-refractivity contribution in [2.24, 2.45) is 0 Å². The van der Waals surface area contributed by atoms with Crippen LogP contribution in [-0.2, 0) is 27.9 Å². The van der Waals surface area contributed by atoms with E-state index in [0.29, 0.717) is 13.0 Å². The predicted octanol–water partition coefficient (Wildman–Crippen LogP) is 12.0. The third kappa shape index (κ3) is 34.6. The Morgan fingerprint density at radius 3 is 1.30 bits per heavy atom. The lowest BCUT2D eigenvalue weighted by molar-refractivity contribution is -0.220. The number of hydrogen-bond acceptors (Lipinski definition) is 11. The van der Waals surface area contributed by atoms with E-state index >= 15 is 0 Å². The number of aliphatic hydroxyl groups is 5. The van der Waals surface area contributed by atoms with Crippen molar-refractivity contribution < 1.29 is 58.3 Å². The highest BCUT2D eigenvalue weighted by Gasteiger charge is 2.51. The number of ether oxygens (including phenoxy) is 2. The number of unbranched alkanes of at least 4 members (excludes halogenated alkanes) is 25. The molecule has 6 N–H and O–H groups in total. The number of hydrogen-bond donors (Lipinski definition) is 6. The molecule has 0 aromatic heterocycles. The molecule has 1 saturated carbocycles. The summed E-state index contributed by atoms with van der Waals surface area (Å²) < 4.78 is 34.3. The fourth-order valence-electron chi connectivity index (χ4n) is 7.95. The number of phosphoric ester groups is 1. The highest BCUT2D eigenvalue weighted by molar-refractivity contribution is 7.47. The first-order chi connectivity index (χ1) is 32.0. The molecule has 0 aromatic carbocycles. The number of esters is 1. The van der Waals surface area contributed by atoms with Gasteiger partial charge in [-0.2, -0.15) is 0 Å². The molecule has 386 valence electrons. The Labute approximate surface area is 401 Å². The van der Waals surface area contributed by atoms with Crippen molar-refractivity contribution in [1.29, 1.82) is 0 Å². The van der Waals surface area contributed by atoms with E-state index in [-0.39, 0.29) is 13.0 Å². The van der Waals surface area contributed by atoms with Gasteiger partial charge < -0.3 is 39.9 Å². The molecule has 0 radical (unpaired) electrons. The summed E-state index contributed by atoms with van der Waals surface area (Å²) in [7, 11) is -5.03. The number of rotatable bonds is 45. The maximum atomic E-state index is 12.9. The summed E-state index contributed by atoms with van der Waals surface area (Å²) in [6.45, 7) is 4.24. The molecule has 13 heteroatoms. The Kier molecular flexibility index (Phi) is 40.9. The van der Waals surface area contributed by atoms with Crippen LogP contribution < -0.4 is 0 Å². The summed E-state index contributed by atoms with van der Waals surface area (Å²) in [6.07, 6.45) is 41.7. The van der Waals surface area contributed by atoms with Gasteiger partial charge in [0.05, 0.1) is 13.2 Å². The van der Waals surface area contributed by atoms with Crippen LogP contribution in [0.15, 0.2) is 48.6 Å². The van der Waals surface area contributed by atoms with E-state index in [9.17, 15) is 39.8 Å². The second-order valence-corrected chi connectivity index (χ2v) is 19.8. The fraction of sp³-hybridized carbons (Fsp3) is 0.830. The molecule has 0 amide bonds. The van der Waals surface area contributed by atoms with Crippen LogP contribution in [0.3, 0.4) is 0 Å². The van der Waals surface area contributed by atoms with E-state index in [1.807, 2.05) is 0 Å². The van der Waals surface area contributed by atoms with Gasteiger partial charge in [-0.15, -0.1) is 0 Å². The van der Waals surface area contributed by atoms with Crippen molar-refractivity contribution in [3.05, 3.63) is 48.6 Å². The van der Waals surface area contributed by atoms with Crippen LogP contribution in [0.5, 0.6) is 0 Å². The molecular formula is C53H97O12P. The van der Waals surface area contributed by atoms with Gasteiger partial charge in [-0.05, 0) is 77.0 Å². The van der Waals surface area contributed by atoms with Crippen LogP contribution in [0.25, 0.3) is 0 Å². The van der Waals surface area contributed by atoms with Gasteiger partial charge in [-0.25, -0.2) is 4.57 Å². The molecule has 0 bridgehead atoms. The van der Waals surface area contributed by atoms with E-state index in [1.165, 1.54) is 122 Å². The molecule has 0 saturated heterocycles. The lowest BCUT2D eigenvalue weighted by atomic mass is 9.85. The molecule has 6 unspecified atom stereocenters. The SMILES string of the molecule is CCCCCCC/C=C\C/C=C\C/C=C\CCCCCCCCC(=O)OC(COCCCCCCCCCC/C=C\CCCCCCCC)COP(=O)(O)OC1C(O)C(O)C(O)C(O)C1O. The first-order valence-corrected chi connectivity index (χ1v) is 28.0. The summed E-state index contributed by atoms with van der Waals surface area (Å²) in [6, 6.07) is 0. The van der Waals surface area contributed by atoms with Gasteiger partial charge in [-0.1, -0.05) is 184 Å². The highest BCUT2D eigenvalue weighted by atomic mass is 31.2. The minimum absolute atomic E-state index is 0.0845. The molecule has 0 spiro atoms. The van der Waals surface area contributed by atoms with Crippen molar-refractivity contribution in [2.75, 3.05) is 19.8 Å². The Morgan fingerprint density at radius 1 is 0.485 bits per heavy atom. The quantitative estimate of drug-likeness (QED) is 0.0147. The number of carbonyl (C=O) groups excluding carboxylic acids is 1. The predicted molar refractivity (Wildman–Crippen MR) is 267 cm³/mol. The molecule has 6 atom stereocenters. The van der Waals surface area contributed by atoms with Crippen LogP contribution in [0.2, 0.25) is 0 Å². The molecule has 66 heavy (non-hydrogen) atoms. The summed E-state index contributed by atoms with van der Waals surface area (Å²) in [5.41, 5.74) is 0. The Balaban J connectivity index is 2.35. The van der Waals surface area contributed by atoms with Gasteiger partial charge in [-0.3, -0.25) is 13.8 Å². The second-order valence-electron chi connectivity index (χ2n) is 18.4. The van der Waals surface area contributed by atoms with Crippen molar-refractivity contribution in [3.63, 3.8) is 0 Å². The number of aliphatic hydroxyl groups excluding tert-OH is 5. The standard InChI is InChI=1S/C53H97O12P/c1-3-5-7-9-11-13-15-17-19-21-23-24-25-26-28-30-32-34-36-38-40-42-47(54)64-46(45-63-66(60,61)65-53-51(58)49(56)48(55)50(57)52(53)59)44-62-43-41-39-37-35-33-31-29-27-22-20-18-16-14-12-10-8-6-4-2/h15,17-18,20-21,23,25-26,46,48-53,55-59H,3-14,16,19,22,24,27-45H2,1-2H3,(H,60,61)/b17-15-,20-18-,23-21-,26-25-. The molecular weight excluding hydrogens is 860 g/mol. The molecule has 1 rings (SSSR count). The van der Waals surface area contributed by atoms with Gasteiger partial charge in [0, 0.05) is 13.0 Å². The average Bonchev–Trinajstić information content (AvgIpc) is 3.30. The van der Waals surface area contributed by atoms with E-state index in [2.05, 4.69) is 62.5 Å². The molecule has 1 aliphatic carbocycles. The molecule has 1 aliphatic rings. The average molecular weight is 957 g/mol. The van der Waals surface area contributed by atoms with Crippen LogP contribution in [-0.4, -0.2) is 98.9 Å². The maximum Gasteiger partial charge on any atom is 0.472 e. The van der Waals surface area contributed by atoms with Crippen LogP contribution >= 0.6 is 7.82 Å². The topological polar surface area (TPSA) is 192 Å². The molecule has 0 heterocycles. The van der Waals surface area contributed by atoms with Gasteiger partial charge >= 0.3 is 13.8 Å². The van der Waals surface area contributed by atoms with Crippen molar-refractivity contribution in [1.82, 2.24) is 0 Å². The number of carbonyl (C=O) groups is 1. The van der Waals surface area contributed by atoms with Gasteiger partial charge in [0.1, 0.15) is 42.7 Å². The summed E-state index contributed by atoms with van der Waals surface area (Å²) in [5, 5.41) is 50.3. The molecule has 12 nitrogen and oxygen atoms in total. The van der Waals surface area contributed by atoms with Crippen molar-refractivity contribution in [2.45, 2.75) is 262 Å². The molecule has 0 aromatic rings. The Bertz CT molecular complexity index is 1270. The van der Waals surface area contributed by atoms with E-state index in [1.54, 1.807) is 0 Å². The van der Waals surface area contributed by atoms with Crippen LogP contribution in [0.4, 0.5) is 0 Å². The third-order valence-electron chi connectivity index (χ3n) is 12.2. The van der Waals surface area contributed by atoms with Gasteiger partial charge in [0.2, 0.25) is 0 Å². The minimum atomic E-state index is -5.03. The normalized spacial score (nSPS) is 21.8. The van der Waals surface area contributed by atoms with Crippen molar-refractivity contribution in [3.8, 4) is 0 Å². The monoisotopic (exact) mass is 957 g/mol. The van der Waals surface area contributed by atoms with Crippen molar-refractivity contribution >= 4 is 13.8 Å². The number of phosphoric acid groups is 1. The summed E-state index contributed by atoms with van der Waals surface area (Å²) in [5.74, 6) is -0.489. The Hall–Kier alpha value is -1.70. The van der Waals surface area contributed by atoms with Crippen LogP contribution in [0, 0.1) is 0 Å². The van der Waals surface area contributed by atoms with E-state index in [0.717, 1.165) is 70.6 Å². The lowest BCUT2D eigenvalue weighted by Gasteiger charge is -2.41. The lowest BCUT2D eigenvalue weighted by Crippen LogP contribution is -2.64. The maximum absolute atomic E-state index is 12.9. The first-order valence-electron chi connectivity index (χ1n) is 26.5. The Morgan fingerprint density at radius 2 is 0.848 bits per heavy atom. The zero-order valence-electron chi connectivity index (χ0n) is 41.5. The largest absolute Gasteiger partial charge is 0.472 e. The first kappa shape index (κ1) is 62.3. The van der Waals surface area contributed by atoms with E-state index in [4.69, 9.17) is 18.5 Å². The highest BCUT2D eigenvalue weighted by Crippen LogP contribution is 2.47. The zero-order chi connectivity index (χ0) is 48.4. The minimum Gasteiger partial charge on any atom is -0.457 e. The fourth-order valence-corrected chi connectivity index (χ4v) is 8.92. The molecule has 0 aliphatic heterocycles. The third-order valence-corrected chi connectivity index (χ3v) is 13.2. The van der Waals surface area contributed by atoms with E-state index < -0.39 is 63.1 Å². The molecule has 1 fully saturated rings. The van der Waals surface area contributed by atoms with Gasteiger partial charge in [0.15, 0.2) is 0 Å². The zero-order valence-corrected chi connectivity index (χ0v) is 42.4.